The topological polar surface area (TPSA) is 60.8 Å². The van der Waals surface area contributed by atoms with Gasteiger partial charge in [0.2, 0.25) is 0 Å². The average molecular weight is 549 g/mol. The molecule has 3 aliphatic rings. The highest BCUT2D eigenvalue weighted by atomic mass is 15.0. The van der Waals surface area contributed by atoms with Crippen LogP contribution in [-0.2, 0) is 12.8 Å². The summed E-state index contributed by atoms with van der Waals surface area (Å²) in [4.78, 5) is 4.85. The Hall–Kier alpha value is -3.40. The van der Waals surface area contributed by atoms with Gasteiger partial charge in [0.05, 0.1) is 5.69 Å². The van der Waals surface area contributed by atoms with E-state index < -0.39 is 0 Å². The molecule has 4 heteroatoms. The molecule has 1 aromatic heterocycles. The monoisotopic (exact) mass is 548 g/mol. The molecule has 3 N–H and O–H groups in total. The van der Waals surface area contributed by atoms with E-state index in [-0.39, 0.29) is 0 Å². The van der Waals surface area contributed by atoms with Crippen molar-refractivity contribution < 1.29 is 0 Å². The van der Waals surface area contributed by atoms with Gasteiger partial charge < -0.3 is 16.0 Å². The van der Waals surface area contributed by atoms with Crippen molar-refractivity contribution in [3.63, 3.8) is 0 Å². The number of aryl methyl sites for hydroxylation is 2. The van der Waals surface area contributed by atoms with Gasteiger partial charge in [0.1, 0.15) is 0 Å². The van der Waals surface area contributed by atoms with Gasteiger partial charge >= 0.3 is 0 Å². The molecule has 1 spiro atoms. The molecule has 2 saturated carbocycles. The predicted octanol–water partition coefficient (Wildman–Crippen LogP) is 8.60. The molecule has 5 rings (SSSR count). The zero-order valence-electron chi connectivity index (χ0n) is 25.7. The molecule has 4 nitrogen and oxygen atoms in total. The highest BCUT2D eigenvalue weighted by molar-refractivity contribution is 5.84. The summed E-state index contributed by atoms with van der Waals surface area (Å²) in [5, 5.41) is 15.1. The molecule has 216 valence electrons. The zero-order valence-corrected chi connectivity index (χ0v) is 25.7. The van der Waals surface area contributed by atoms with Crippen LogP contribution in [0, 0.1) is 29.1 Å². The minimum absolute atomic E-state index is 0.326. The summed E-state index contributed by atoms with van der Waals surface area (Å²) in [6.07, 6.45) is 17.1. The second kappa shape index (κ2) is 11.8. The maximum Gasteiger partial charge on any atom is 0.0705 e. The molecule has 41 heavy (non-hydrogen) atoms. The molecule has 1 aromatic carbocycles. The first-order valence-corrected chi connectivity index (χ1v) is 15.5. The van der Waals surface area contributed by atoms with Gasteiger partial charge in [-0.2, -0.15) is 0 Å². The van der Waals surface area contributed by atoms with Crippen LogP contribution in [-0.4, -0.2) is 17.2 Å². The van der Waals surface area contributed by atoms with Crippen molar-refractivity contribution >= 4 is 6.21 Å². The Morgan fingerprint density at radius 1 is 1.15 bits per heavy atom. The Labute approximate surface area is 247 Å². The fourth-order valence-corrected chi connectivity index (χ4v) is 6.88. The number of dihydropyridines is 1. The van der Waals surface area contributed by atoms with Crippen molar-refractivity contribution in [3.05, 3.63) is 101 Å². The quantitative estimate of drug-likeness (QED) is 0.261. The average Bonchev–Trinajstić information content (AvgIpc) is 2.91. The minimum atomic E-state index is 0.326. The number of nitrogens with one attached hydrogen (secondary N) is 3. The minimum Gasteiger partial charge on any atom is -0.382 e. The number of hydrogen-bond donors (Lipinski definition) is 3. The lowest BCUT2D eigenvalue weighted by Gasteiger charge is -2.58. The lowest BCUT2D eigenvalue weighted by molar-refractivity contribution is -0.0460. The number of allylic oxidation sites excluding steroid dienone is 4. The highest BCUT2D eigenvalue weighted by Gasteiger charge is 2.52. The standard InChI is InChI=1S/C37H48N4/c1-7-31-9-8-10-34(41-31)29-13-11-25(2)30(18-29)17-28-19-37(20-28)21-32(22-37)40-26(3)33(23-38)35-14-12-27(24-39-35)15-16-36(4,5)6/h8-14,18,23-24,28,32,38-40H,3,7,15-17,19-22H2,1-2,4-6H3/b35-33+,38-23?. The fraction of sp³-hybridized carbons (Fsp3) is 0.459. The van der Waals surface area contributed by atoms with Crippen LogP contribution in [0.5, 0.6) is 0 Å². The van der Waals surface area contributed by atoms with E-state index in [1.165, 1.54) is 54.2 Å². The normalized spacial score (nSPS) is 24.6. The van der Waals surface area contributed by atoms with Crippen molar-refractivity contribution in [2.24, 2.45) is 16.7 Å². The van der Waals surface area contributed by atoms with Crippen molar-refractivity contribution in [2.45, 2.75) is 92.0 Å². The molecule has 2 aromatic rings. The van der Waals surface area contributed by atoms with E-state index >= 15 is 0 Å². The molecule has 0 amide bonds. The van der Waals surface area contributed by atoms with E-state index in [1.807, 2.05) is 0 Å². The number of hydrogen-bond acceptors (Lipinski definition) is 4. The summed E-state index contributed by atoms with van der Waals surface area (Å²) < 4.78 is 0. The molecule has 2 aliphatic carbocycles. The number of pyridine rings is 1. The van der Waals surface area contributed by atoms with Crippen LogP contribution >= 0.6 is 0 Å². The SMILES string of the molecule is C=C(NC1CC2(CC(Cc3cc(-c4cccc(CC)n4)ccc3C)C2)C1)/C(C=N)=C1\C=CC(CCC(C)(C)C)=CN1. The molecule has 1 aliphatic heterocycles. The summed E-state index contributed by atoms with van der Waals surface area (Å²) >= 11 is 0. The first-order chi connectivity index (χ1) is 19.6. The second-order valence-corrected chi connectivity index (χ2v) is 13.9. The largest absolute Gasteiger partial charge is 0.382 e. The lowest BCUT2D eigenvalue weighted by Crippen LogP contribution is -2.55. The van der Waals surface area contributed by atoms with Crippen LogP contribution in [0.3, 0.4) is 0 Å². The maximum atomic E-state index is 8.04. The van der Waals surface area contributed by atoms with E-state index in [2.05, 4.69) is 107 Å². The molecular formula is C37H48N4. The molecule has 0 bridgehead atoms. The third-order valence-electron chi connectivity index (χ3n) is 9.30. The van der Waals surface area contributed by atoms with Gasteiger partial charge in [0.15, 0.2) is 0 Å². The first kappa shape index (κ1) is 29.1. The summed E-state index contributed by atoms with van der Waals surface area (Å²) in [6, 6.07) is 13.7. The zero-order chi connectivity index (χ0) is 29.2. The summed E-state index contributed by atoms with van der Waals surface area (Å²) in [7, 11) is 0. The molecule has 0 atom stereocenters. The second-order valence-electron chi connectivity index (χ2n) is 13.9. The van der Waals surface area contributed by atoms with E-state index in [4.69, 9.17) is 10.4 Å². The Morgan fingerprint density at radius 3 is 2.59 bits per heavy atom. The van der Waals surface area contributed by atoms with Crippen molar-refractivity contribution in [1.82, 2.24) is 15.6 Å². The Morgan fingerprint density at radius 2 is 1.93 bits per heavy atom. The number of rotatable bonds is 10. The summed E-state index contributed by atoms with van der Waals surface area (Å²) in [5.74, 6) is 0.762. The van der Waals surface area contributed by atoms with E-state index in [0.717, 1.165) is 60.0 Å². The van der Waals surface area contributed by atoms with E-state index in [9.17, 15) is 0 Å². The van der Waals surface area contributed by atoms with Crippen LogP contribution in [0.4, 0.5) is 0 Å². The van der Waals surface area contributed by atoms with E-state index in [1.54, 1.807) is 0 Å². The molecule has 2 heterocycles. The van der Waals surface area contributed by atoms with Crippen LogP contribution in [0.15, 0.2) is 83.9 Å². The van der Waals surface area contributed by atoms with Crippen molar-refractivity contribution in [1.29, 1.82) is 5.41 Å². The highest BCUT2D eigenvalue weighted by Crippen LogP contribution is 2.59. The smallest absolute Gasteiger partial charge is 0.0705 e. The van der Waals surface area contributed by atoms with Crippen molar-refractivity contribution in [3.8, 4) is 11.3 Å². The van der Waals surface area contributed by atoms with Gasteiger partial charge in [-0.05, 0) is 116 Å². The van der Waals surface area contributed by atoms with Gasteiger partial charge in [-0.3, -0.25) is 4.98 Å². The Bertz CT molecular complexity index is 1390. The lowest BCUT2D eigenvalue weighted by atomic mass is 9.49. The third kappa shape index (κ3) is 6.92. The van der Waals surface area contributed by atoms with Crippen molar-refractivity contribution in [2.75, 3.05) is 0 Å². The molecule has 0 radical (unpaired) electrons. The van der Waals surface area contributed by atoms with Crippen LogP contribution in [0.2, 0.25) is 0 Å². The van der Waals surface area contributed by atoms with Crippen LogP contribution < -0.4 is 10.6 Å². The van der Waals surface area contributed by atoms with Crippen LogP contribution in [0.1, 0.15) is 83.0 Å². The number of nitrogens with zero attached hydrogens (tertiary/aromatic N) is 1. The molecule has 0 unspecified atom stereocenters. The predicted molar refractivity (Wildman–Crippen MR) is 173 cm³/mol. The van der Waals surface area contributed by atoms with Gasteiger partial charge in [-0.15, -0.1) is 0 Å². The van der Waals surface area contributed by atoms with Gasteiger partial charge in [-0.1, -0.05) is 58.5 Å². The molecular weight excluding hydrogens is 500 g/mol. The molecule has 2 fully saturated rings. The fourth-order valence-electron chi connectivity index (χ4n) is 6.88. The Kier molecular flexibility index (Phi) is 8.40. The van der Waals surface area contributed by atoms with Gasteiger partial charge in [0.25, 0.3) is 0 Å². The number of aromatic nitrogens is 1. The number of benzene rings is 1. The first-order valence-electron chi connectivity index (χ1n) is 15.5. The van der Waals surface area contributed by atoms with Gasteiger partial charge in [-0.25, -0.2) is 0 Å². The maximum absolute atomic E-state index is 8.04. The molecule has 0 saturated heterocycles. The van der Waals surface area contributed by atoms with Gasteiger partial charge in [0, 0.05) is 46.7 Å². The summed E-state index contributed by atoms with van der Waals surface area (Å²) in [5.41, 5.74) is 11.1. The van der Waals surface area contributed by atoms with Crippen LogP contribution in [0.25, 0.3) is 11.3 Å². The Balaban J connectivity index is 1.11. The third-order valence-corrected chi connectivity index (χ3v) is 9.30. The summed E-state index contributed by atoms with van der Waals surface area (Å²) in [6.45, 7) is 15.5. The van der Waals surface area contributed by atoms with E-state index in [0.29, 0.717) is 16.9 Å².